The van der Waals surface area contributed by atoms with Gasteiger partial charge in [-0.05, 0) is 31.5 Å². The Kier molecular flexibility index (Phi) is 6.97. The van der Waals surface area contributed by atoms with Crippen molar-refractivity contribution >= 4 is 5.91 Å². The van der Waals surface area contributed by atoms with Gasteiger partial charge in [0.25, 0.3) is 0 Å². The molecule has 1 amide bonds. The third-order valence-electron chi connectivity index (χ3n) is 3.12. The van der Waals surface area contributed by atoms with Gasteiger partial charge in [0.1, 0.15) is 5.75 Å². The van der Waals surface area contributed by atoms with Crippen molar-refractivity contribution in [3.05, 3.63) is 29.8 Å². The molecule has 1 aromatic carbocycles. The van der Waals surface area contributed by atoms with Crippen molar-refractivity contribution in [3.8, 4) is 5.75 Å². The summed E-state index contributed by atoms with van der Waals surface area (Å²) >= 11 is 0. The van der Waals surface area contributed by atoms with Crippen LogP contribution in [-0.2, 0) is 11.3 Å². The number of methoxy groups -OCH3 is 1. The fourth-order valence-corrected chi connectivity index (χ4v) is 1.91. The molecule has 4 nitrogen and oxygen atoms in total. The third kappa shape index (κ3) is 5.30. The van der Waals surface area contributed by atoms with Crippen molar-refractivity contribution in [2.24, 2.45) is 0 Å². The van der Waals surface area contributed by atoms with E-state index in [9.17, 15) is 4.79 Å². The summed E-state index contributed by atoms with van der Waals surface area (Å²) in [6, 6.07) is 7.94. The number of benzene rings is 1. The molecule has 0 fully saturated rings. The van der Waals surface area contributed by atoms with E-state index >= 15 is 0 Å². The molecule has 0 aromatic heterocycles. The summed E-state index contributed by atoms with van der Waals surface area (Å²) in [4.78, 5) is 13.6. The van der Waals surface area contributed by atoms with Gasteiger partial charge in [-0.3, -0.25) is 4.79 Å². The van der Waals surface area contributed by atoms with Crippen LogP contribution >= 0.6 is 0 Å². The minimum Gasteiger partial charge on any atom is -0.497 e. The van der Waals surface area contributed by atoms with Crippen LogP contribution in [0.5, 0.6) is 5.75 Å². The average molecular weight is 264 g/mol. The van der Waals surface area contributed by atoms with E-state index in [4.69, 9.17) is 4.74 Å². The van der Waals surface area contributed by atoms with Gasteiger partial charge in [0.15, 0.2) is 0 Å². The molecule has 0 saturated carbocycles. The largest absolute Gasteiger partial charge is 0.497 e. The number of hydrogen-bond acceptors (Lipinski definition) is 3. The summed E-state index contributed by atoms with van der Waals surface area (Å²) in [6.45, 7) is 7.07. The molecule has 0 bridgehead atoms. The Bertz CT molecular complexity index is 372. The van der Waals surface area contributed by atoms with E-state index in [0.29, 0.717) is 13.0 Å². The van der Waals surface area contributed by atoms with Crippen molar-refractivity contribution in [1.82, 2.24) is 10.2 Å². The van der Waals surface area contributed by atoms with Crippen molar-refractivity contribution in [1.29, 1.82) is 0 Å². The highest BCUT2D eigenvalue weighted by Crippen LogP contribution is 2.10. The van der Waals surface area contributed by atoms with Crippen LogP contribution in [0.2, 0.25) is 0 Å². The average Bonchev–Trinajstić information content (AvgIpc) is 2.45. The molecule has 0 saturated heterocycles. The van der Waals surface area contributed by atoms with Gasteiger partial charge in [-0.2, -0.15) is 0 Å². The van der Waals surface area contributed by atoms with E-state index < -0.39 is 0 Å². The molecular formula is C15H24N2O2. The lowest BCUT2D eigenvalue weighted by Gasteiger charge is -2.18. The molecule has 0 atom stereocenters. The fraction of sp³-hybridized carbons (Fsp3) is 0.533. The summed E-state index contributed by atoms with van der Waals surface area (Å²) in [5.41, 5.74) is 1.19. The quantitative estimate of drug-likeness (QED) is 0.731. The van der Waals surface area contributed by atoms with Crippen LogP contribution in [0, 0.1) is 0 Å². The van der Waals surface area contributed by atoms with Gasteiger partial charge in [0, 0.05) is 32.6 Å². The zero-order valence-electron chi connectivity index (χ0n) is 12.1. The second-order valence-corrected chi connectivity index (χ2v) is 4.34. The standard InChI is InChI=1S/C15H24N2O2/c1-4-17(5-2)15(18)10-11-16-12-13-6-8-14(19-3)9-7-13/h6-9,16H,4-5,10-12H2,1-3H3. The molecule has 0 unspecified atom stereocenters. The Morgan fingerprint density at radius 2 is 1.84 bits per heavy atom. The SMILES string of the molecule is CCN(CC)C(=O)CCNCc1ccc(OC)cc1. The maximum absolute atomic E-state index is 11.8. The molecule has 0 heterocycles. The molecule has 0 aliphatic rings. The van der Waals surface area contributed by atoms with Crippen LogP contribution < -0.4 is 10.1 Å². The van der Waals surface area contributed by atoms with Crippen LogP contribution in [0.15, 0.2) is 24.3 Å². The van der Waals surface area contributed by atoms with Gasteiger partial charge in [0.2, 0.25) is 5.91 Å². The molecule has 0 aliphatic heterocycles. The number of hydrogen-bond donors (Lipinski definition) is 1. The third-order valence-corrected chi connectivity index (χ3v) is 3.12. The lowest BCUT2D eigenvalue weighted by molar-refractivity contribution is -0.130. The molecule has 0 spiro atoms. The summed E-state index contributed by atoms with van der Waals surface area (Å²) < 4.78 is 5.11. The second-order valence-electron chi connectivity index (χ2n) is 4.34. The Labute approximate surface area is 115 Å². The highest BCUT2D eigenvalue weighted by Gasteiger charge is 2.08. The van der Waals surface area contributed by atoms with E-state index in [0.717, 1.165) is 25.4 Å². The summed E-state index contributed by atoms with van der Waals surface area (Å²) in [5.74, 6) is 1.08. The number of rotatable bonds is 8. The summed E-state index contributed by atoms with van der Waals surface area (Å²) in [7, 11) is 1.66. The predicted octanol–water partition coefficient (Wildman–Crippen LogP) is 2.04. The van der Waals surface area contributed by atoms with Crippen LogP contribution in [0.25, 0.3) is 0 Å². The summed E-state index contributed by atoms with van der Waals surface area (Å²) in [6.07, 6.45) is 0.553. The minimum absolute atomic E-state index is 0.215. The first-order valence-corrected chi connectivity index (χ1v) is 6.82. The Balaban J connectivity index is 2.24. The van der Waals surface area contributed by atoms with Crippen LogP contribution in [0.3, 0.4) is 0 Å². The first-order valence-electron chi connectivity index (χ1n) is 6.82. The normalized spacial score (nSPS) is 10.3. The number of nitrogens with zero attached hydrogens (tertiary/aromatic N) is 1. The molecule has 1 rings (SSSR count). The van der Waals surface area contributed by atoms with Crippen LogP contribution in [0.4, 0.5) is 0 Å². The van der Waals surface area contributed by atoms with E-state index in [1.54, 1.807) is 7.11 Å². The van der Waals surface area contributed by atoms with Crippen molar-refractivity contribution < 1.29 is 9.53 Å². The van der Waals surface area contributed by atoms with Gasteiger partial charge in [-0.15, -0.1) is 0 Å². The van der Waals surface area contributed by atoms with Crippen LogP contribution in [0.1, 0.15) is 25.8 Å². The number of carbonyl (C=O) groups excluding carboxylic acids is 1. The number of ether oxygens (including phenoxy) is 1. The molecule has 0 aliphatic carbocycles. The topological polar surface area (TPSA) is 41.6 Å². The maximum Gasteiger partial charge on any atom is 0.223 e. The Hall–Kier alpha value is -1.55. The summed E-state index contributed by atoms with van der Waals surface area (Å²) in [5, 5.41) is 3.28. The van der Waals surface area contributed by atoms with Crippen molar-refractivity contribution in [2.75, 3.05) is 26.7 Å². The first-order chi connectivity index (χ1) is 9.21. The number of carbonyl (C=O) groups is 1. The highest BCUT2D eigenvalue weighted by molar-refractivity contribution is 5.76. The van der Waals surface area contributed by atoms with E-state index in [2.05, 4.69) is 5.32 Å². The van der Waals surface area contributed by atoms with Crippen molar-refractivity contribution in [2.45, 2.75) is 26.8 Å². The lowest BCUT2D eigenvalue weighted by Crippen LogP contribution is -2.32. The maximum atomic E-state index is 11.8. The minimum atomic E-state index is 0.215. The Morgan fingerprint density at radius 3 is 2.37 bits per heavy atom. The predicted molar refractivity (Wildman–Crippen MR) is 77.2 cm³/mol. The molecule has 0 radical (unpaired) electrons. The van der Waals surface area contributed by atoms with Gasteiger partial charge in [-0.1, -0.05) is 12.1 Å². The smallest absolute Gasteiger partial charge is 0.223 e. The highest BCUT2D eigenvalue weighted by atomic mass is 16.5. The van der Waals surface area contributed by atoms with Crippen molar-refractivity contribution in [3.63, 3.8) is 0 Å². The Morgan fingerprint density at radius 1 is 1.21 bits per heavy atom. The number of nitrogens with one attached hydrogen (secondary N) is 1. The molecule has 19 heavy (non-hydrogen) atoms. The van der Waals surface area contributed by atoms with Gasteiger partial charge in [0.05, 0.1) is 7.11 Å². The second kappa shape index (κ2) is 8.53. The van der Waals surface area contributed by atoms with E-state index in [-0.39, 0.29) is 5.91 Å². The monoisotopic (exact) mass is 264 g/mol. The zero-order valence-corrected chi connectivity index (χ0v) is 12.1. The van der Waals surface area contributed by atoms with Gasteiger partial charge in [-0.25, -0.2) is 0 Å². The van der Waals surface area contributed by atoms with Gasteiger partial charge >= 0.3 is 0 Å². The molecule has 4 heteroatoms. The molecule has 106 valence electrons. The van der Waals surface area contributed by atoms with E-state index in [1.165, 1.54) is 5.56 Å². The van der Waals surface area contributed by atoms with Gasteiger partial charge < -0.3 is 15.0 Å². The molecule has 1 aromatic rings. The lowest BCUT2D eigenvalue weighted by atomic mass is 10.2. The van der Waals surface area contributed by atoms with Crippen LogP contribution in [-0.4, -0.2) is 37.6 Å². The molecular weight excluding hydrogens is 240 g/mol. The zero-order chi connectivity index (χ0) is 14.1. The fourth-order valence-electron chi connectivity index (χ4n) is 1.91. The molecule has 1 N–H and O–H groups in total. The number of amides is 1. The van der Waals surface area contributed by atoms with E-state index in [1.807, 2.05) is 43.0 Å². The first kappa shape index (κ1) is 15.5.